The van der Waals surface area contributed by atoms with Crippen molar-refractivity contribution in [3.05, 3.63) is 87.5 Å². The summed E-state index contributed by atoms with van der Waals surface area (Å²) in [5.41, 5.74) is 1.60. The van der Waals surface area contributed by atoms with Gasteiger partial charge in [-0.05, 0) is 31.6 Å². The number of methoxy groups -OCH3 is 1. The van der Waals surface area contributed by atoms with Crippen molar-refractivity contribution in [2.75, 3.05) is 19.0 Å². The summed E-state index contributed by atoms with van der Waals surface area (Å²) in [6.45, 7) is 2.80. The third-order valence-electron chi connectivity index (χ3n) is 5.33. The molecular formula is C26H23N3O6. The van der Waals surface area contributed by atoms with E-state index in [1.807, 2.05) is 18.2 Å². The predicted octanol–water partition coefficient (Wildman–Crippen LogP) is 3.86. The number of hydrogen-bond acceptors (Lipinski definition) is 7. The van der Waals surface area contributed by atoms with Crippen molar-refractivity contribution in [1.82, 2.24) is 10.2 Å². The van der Waals surface area contributed by atoms with Crippen LogP contribution < -0.4 is 15.6 Å². The molecule has 0 atom stereocenters. The van der Waals surface area contributed by atoms with Gasteiger partial charge in [0, 0.05) is 5.56 Å². The zero-order chi connectivity index (χ0) is 24.9. The molecule has 2 heterocycles. The molecule has 0 aliphatic carbocycles. The molecule has 9 nitrogen and oxygen atoms in total. The van der Waals surface area contributed by atoms with E-state index < -0.39 is 24.0 Å². The minimum absolute atomic E-state index is 0.0295. The van der Waals surface area contributed by atoms with Crippen LogP contribution in [0.1, 0.15) is 22.6 Å². The molecule has 0 radical (unpaired) electrons. The normalized spacial score (nSPS) is 11.3. The van der Waals surface area contributed by atoms with Gasteiger partial charge >= 0.3 is 5.97 Å². The molecule has 0 spiro atoms. The lowest BCUT2D eigenvalue weighted by atomic mass is 10.0. The van der Waals surface area contributed by atoms with Crippen LogP contribution in [0.15, 0.2) is 63.8 Å². The van der Waals surface area contributed by atoms with E-state index in [9.17, 15) is 14.4 Å². The Kier molecular flexibility index (Phi) is 6.77. The smallest absolute Gasteiger partial charge is 0.339 e. The summed E-state index contributed by atoms with van der Waals surface area (Å²) in [5, 5.41) is 9.49. The Balaban J connectivity index is 1.55. The van der Waals surface area contributed by atoms with Gasteiger partial charge in [-0.15, -0.1) is 0 Å². The van der Waals surface area contributed by atoms with Crippen LogP contribution in [-0.2, 0) is 14.3 Å². The summed E-state index contributed by atoms with van der Waals surface area (Å²) in [7, 11) is 1.54. The van der Waals surface area contributed by atoms with Crippen LogP contribution in [0.3, 0.4) is 0 Å². The van der Waals surface area contributed by atoms with Crippen LogP contribution in [0.2, 0.25) is 0 Å². The lowest BCUT2D eigenvalue weighted by molar-refractivity contribution is -0.141. The Morgan fingerprint density at radius 3 is 2.51 bits per heavy atom. The second kappa shape index (κ2) is 10.1. The van der Waals surface area contributed by atoms with Crippen LogP contribution in [0.5, 0.6) is 5.75 Å². The Morgan fingerprint density at radius 2 is 1.77 bits per heavy atom. The highest BCUT2D eigenvalue weighted by Crippen LogP contribution is 2.28. The number of esters is 1. The summed E-state index contributed by atoms with van der Waals surface area (Å²) in [5.74, 6) is -0.364. The van der Waals surface area contributed by atoms with E-state index in [4.69, 9.17) is 13.9 Å². The quantitative estimate of drug-likeness (QED) is 0.237. The molecule has 0 saturated heterocycles. The molecule has 1 amide bonds. The van der Waals surface area contributed by atoms with Gasteiger partial charge in [0.25, 0.3) is 11.5 Å². The average Bonchev–Trinajstić information content (AvgIpc) is 3.20. The van der Waals surface area contributed by atoms with Crippen molar-refractivity contribution < 1.29 is 23.5 Å². The van der Waals surface area contributed by atoms with Gasteiger partial charge < -0.3 is 13.9 Å². The lowest BCUT2D eigenvalue weighted by Gasteiger charge is -2.10. The molecule has 0 saturated carbocycles. The zero-order valence-corrected chi connectivity index (χ0v) is 19.4. The van der Waals surface area contributed by atoms with Gasteiger partial charge in [-0.1, -0.05) is 48.5 Å². The van der Waals surface area contributed by atoms with E-state index in [1.165, 1.54) is 0 Å². The fourth-order valence-corrected chi connectivity index (χ4v) is 3.72. The highest BCUT2D eigenvalue weighted by molar-refractivity contribution is 6.22. The number of nitrogens with zero attached hydrogens (tertiary/aromatic N) is 1. The molecule has 9 heteroatoms. The lowest BCUT2D eigenvalue weighted by Crippen LogP contribution is -2.22. The van der Waals surface area contributed by atoms with E-state index in [0.29, 0.717) is 33.7 Å². The second-order valence-corrected chi connectivity index (χ2v) is 7.67. The maximum Gasteiger partial charge on any atom is 0.339 e. The number of hydrogen-bond donors (Lipinski definition) is 2. The van der Waals surface area contributed by atoms with Gasteiger partial charge in [-0.3, -0.25) is 14.9 Å². The van der Waals surface area contributed by atoms with Gasteiger partial charge in [-0.2, -0.15) is 5.10 Å². The number of amides is 1. The fraction of sp³-hybridized carbons (Fsp3) is 0.154. The molecule has 0 bridgehead atoms. The van der Waals surface area contributed by atoms with Crippen molar-refractivity contribution in [2.24, 2.45) is 0 Å². The number of aryl methyl sites for hydroxylation is 2. The maximum atomic E-state index is 13.0. The molecule has 2 N–H and O–H groups in total. The standard InChI is InChI=1S/C26H23N3O6/c1-15-22-16(2)35-25(23(22)24(31)29-28-15)27-21(30)14-34-26(32)19(17-9-5-4-6-10-17)13-18-11-7-8-12-20(18)33-3/h4-13H,14H2,1-3H3,(H,27,30)(H,29,31)/b19-13+. The number of para-hydroxylation sites is 1. The molecule has 0 unspecified atom stereocenters. The summed E-state index contributed by atoms with van der Waals surface area (Å²) in [6.07, 6.45) is 1.65. The maximum absolute atomic E-state index is 13.0. The number of anilines is 1. The minimum Gasteiger partial charge on any atom is -0.496 e. The molecule has 0 aliphatic heterocycles. The number of rotatable bonds is 7. The van der Waals surface area contributed by atoms with E-state index in [-0.39, 0.29) is 16.8 Å². The summed E-state index contributed by atoms with van der Waals surface area (Å²) < 4.78 is 16.3. The average molecular weight is 473 g/mol. The minimum atomic E-state index is -0.698. The molecule has 4 rings (SSSR count). The number of H-pyrrole nitrogens is 1. The van der Waals surface area contributed by atoms with E-state index in [2.05, 4.69) is 15.5 Å². The van der Waals surface area contributed by atoms with Crippen molar-refractivity contribution in [3.63, 3.8) is 0 Å². The van der Waals surface area contributed by atoms with Gasteiger partial charge in [0.2, 0.25) is 5.88 Å². The Hall–Kier alpha value is -4.66. The summed E-state index contributed by atoms with van der Waals surface area (Å²) in [4.78, 5) is 37.8. The second-order valence-electron chi connectivity index (χ2n) is 7.67. The number of aromatic nitrogens is 2. The van der Waals surface area contributed by atoms with Gasteiger partial charge in [0.1, 0.15) is 16.9 Å². The summed E-state index contributed by atoms with van der Waals surface area (Å²) in [6, 6.07) is 16.2. The monoisotopic (exact) mass is 473 g/mol. The number of fused-ring (bicyclic) bond motifs is 1. The Labute approximate surface area is 200 Å². The van der Waals surface area contributed by atoms with Crippen molar-refractivity contribution >= 4 is 40.2 Å². The zero-order valence-electron chi connectivity index (χ0n) is 19.4. The van der Waals surface area contributed by atoms with Crippen LogP contribution >= 0.6 is 0 Å². The van der Waals surface area contributed by atoms with Gasteiger partial charge in [0.05, 0.1) is 23.8 Å². The number of ether oxygens (including phenoxy) is 2. The van der Waals surface area contributed by atoms with Crippen molar-refractivity contribution in [1.29, 1.82) is 0 Å². The predicted molar refractivity (Wildman–Crippen MR) is 131 cm³/mol. The highest BCUT2D eigenvalue weighted by atomic mass is 16.5. The first-order valence-electron chi connectivity index (χ1n) is 10.7. The molecule has 2 aromatic heterocycles. The third-order valence-corrected chi connectivity index (χ3v) is 5.33. The number of carbonyl (C=O) groups excluding carboxylic acids is 2. The Bertz CT molecular complexity index is 1480. The molecule has 0 aliphatic rings. The molecule has 2 aromatic carbocycles. The first-order valence-corrected chi connectivity index (χ1v) is 10.7. The van der Waals surface area contributed by atoms with Gasteiger partial charge in [-0.25, -0.2) is 9.89 Å². The van der Waals surface area contributed by atoms with Crippen LogP contribution in [-0.4, -0.2) is 35.8 Å². The Morgan fingerprint density at radius 1 is 1.06 bits per heavy atom. The SMILES string of the molecule is COc1ccccc1/C=C(/C(=O)OCC(=O)Nc1oc(C)c2c(C)n[nH]c(=O)c12)c1ccccc1. The largest absolute Gasteiger partial charge is 0.496 e. The number of carbonyl (C=O) groups is 2. The van der Waals surface area contributed by atoms with Crippen molar-refractivity contribution in [2.45, 2.75) is 13.8 Å². The number of benzene rings is 2. The van der Waals surface area contributed by atoms with E-state index in [0.717, 1.165) is 0 Å². The van der Waals surface area contributed by atoms with Gasteiger partial charge in [0.15, 0.2) is 6.61 Å². The number of aromatic amines is 1. The number of furan rings is 1. The third kappa shape index (κ3) is 4.98. The number of nitrogens with one attached hydrogen (secondary N) is 2. The molecule has 4 aromatic rings. The molecule has 35 heavy (non-hydrogen) atoms. The van der Waals surface area contributed by atoms with Crippen LogP contribution in [0.4, 0.5) is 5.88 Å². The highest BCUT2D eigenvalue weighted by Gasteiger charge is 2.21. The van der Waals surface area contributed by atoms with Crippen molar-refractivity contribution in [3.8, 4) is 5.75 Å². The molecule has 178 valence electrons. The van der Waals surface area contributed by atoms with Crippen LogP contribution in [0.25, 0.3) is 22.4 Å². The molecule has 0 fully saturated rings. The first-order chi connectivity index (χ1) is 16.9. The fourth-order valence-electron chi connectivity index (χ4n) is 3.72. The topological polar surface area (TPSA) is 124 Å². The first kappa shape index (κ1) is 23.5. The van der Waals surface area contributed by atoms with Crippen LogP contribution in [0, 0.1) is 13.8 Å². The van der Waals surface area contributed by atoms with E-state index >= 15 is 0 Å². The molecular weight excluding hydrogens is 450 g/mol. The summed E-state index contributed by atoms with van der Waals surface area (Å²) >= 11 is 0. The van der Waals surface area contributed by atoms with E-state index in [1.54, 1.807) is 63.4 Å².